The summed E-state index contributed by atoms with van der Waals surface area (Å²) in [6, 6.07) is 10.7. The summed E-state index contributed by atoms with van der Waals surface area (Å²) >= 11 is 0. The van der Waals surface area contributed by atoms with Crippen LogP contribution in [0.3, 0.4) is 0 Å². The van der Waals surface area contributed by atoms with E-state index in [1.54, 1.807) is 26.1 Å². The van der Waals surface area contributed by atoms with Crippen molar-refractivity contribution in [3.63, 3.8) is 0 Å². The van der Waals surface area contributed by atoms with Gasteiger partial charge in [0, 0.05) is 19.9 Å². The molecule has 3 aromatic rings. The van der Waals surface area contributed by atoms with Crippen LogP contribution in [0.2, 0.25) is 0 Å². The number of phenolic OH excluding ortho intramolecular Hbond substituents is 1. The lowest BCUT2D eigenvalue weighted by molar-refractivity contribution is -0.135. The number of Topliss-reactive ketones (excluding diaryl/α,β-unsaturated/α-hetero) is 1. The first kappa shape index (κ1) is 31.8. The van der Waals surface area contributed by atoms with Crippen LogP contribution >= 0.6 is 0 Å². The predicted octanol–water partition coefficient (Wildman–Crippen LogP) is 6.09. The van der Waals surface area contributed by atoms with Crippen LogP contribution in [-0.4, -0.2) is 40.0 Å². The lowest BCUT2D eigenvalue weighted by Crippen LogP contribution is -2.18. The van der Waals surface area contributed by atoms with Gasteiger partial charge in [0.1, 0.15) is 17.3 Å². The number of phenols is 1. The molecule has 0 aliphatic rings. The van der Waals surface area contributed by atoms with Crippen LogP contribution in [0.5, 0.6) is 11.5 Å². The number of esters is 1. The second-order valence-electron chi connectivity index (χ2n) is 8.24. The quantitative estimate of drug-likeness (QED) is 0.171. The molecule has 0 saturated carbocycles. The molecule has 1 amide bonds. The molecule has 0 aliphatic carbocycles. The van der Waals surface area contributed by atoms with Gasteiger partial charge in [-0.3, -0.25) is 9.59 Å². The van der Waals surface area contributed by atoms with Crippen molar-refractivity contribution in [3.8, 4) is 23.0 Å². The summed E-state index contributed by atoms with van der Waals surface area (Å²) in [5, 5.41) is 23.0. The van der Waals surface area contributed by atoms with E-state index in [1.165, 1.54) is 43.7 Å². The Balaban J connectivity index is 0.00000135. The van der Waals surface area contributed by atoms with E-state index >= 15 is 0 Å². The number of nitrogens with one attached hydrogen (secondary N) is 2. The zero-order chi connectivity index (χ0) is 28.7. The van der Waals surface area contributed by atoms with E-state index in [1.807, 2.05) is 13.8 Å². The van der Waals surface area contributed by atoms with Crippen LogP contribution < -0.4 is 15.4 Å². The number of aromatic nitrogens is 2. The first-order valence-electron chi connectivity index (χ1n) is 12.6. The number of anilines is 2. The summed E-state index contributed by atoms with van der Waals surface area (Å²) in [6.07, 6.45) is 1.56. The van der Waals surface area contributed by atoms with Crippen LogP contribution in [0.4, 0.5) is 11.7 Å². The molecule has 3 rings (SSSR count). The van der Waals surface area contributed by atoms with Gasteiger partial charge in [-0.1, -0.05) is 58.3 Å². The van der Waals surface area contributed by atoms with E-state index in [0.717, 1.165) is 0 Å². The molecule has 0 radical (unpaired) electrons. The van der Waals surface area contributed by atoms with Crippen molar-refractivity contribution < 1.29 is 28.6 Å². The smallest absolute Gasteiger partial charge is 0.315 e. The Bertz CT molecular complexity index is 1190. The van der Waals surface area contributed by atoms with Gasteiger partial charge in [0.15, 0.2) is 0 Å². The summed E-state index contributed by atoms with van der Waals surface area (Å²) in [5.41, 5.74) is 0.746. The fourth-order valence-corrected chi connectivity index (χ4v) is 3.20. The minimum Gasteiger partial charge on any atom is -0.508 e. The lowest BCUT2D eigenvalue weighted by Gasteiger charge is -2.13. The van der Waals surface area contributed by atoms with Gasteiger partial charge >= 0.3 is 12.0 Å². The number of ether oxygens (including phenoxy) is 1. The molecule has 0 aliphatic heterocycles. The predicted molar refractivity (Wildman–Crippen MR) is 147 cm³/mol. The number of carbonyl (C=O) groups is 3. The number of para-hydroxylation sites is 1. The Hall–Kier alpha value is -4.21. The van der Waals surface area contributed by atoms with Gasteiger partial charge in [-0.2, -0.15) is 0 Å². The van der Waals surface area contributed by atoms with Crippen molar-refractivity contribution in [2.75, 3.05) is 17.7 Å². The lowest BCUT2D eigenvalue weighted by atomic mass is 10.0. The third-order valence-electron chi connectivity index (χ3n) is 4.63. The van der Waals surface area contributed by atoms with Crippen molar-refractivity contribution >= 4 is 29.4 Å². The third-order valence-corrected chi connectivity index (χ3v) is 4.63. The fourth-order valence-electron chi connectivity index (χ4n) is 3.20. The van der Waals surface area contributed by atoms with Gasteiger partial charge < -0.3 is 29.7 Å². The Kier molecular flexibility index (Phi) is 13.8. The Morgan fingerprint density at radius 1 is 1.05 bits per heavy atom. The van der Waals surface area contributed by atoms with E-state index < -0.39 is 11.9 Å². The van der Waals surface area contributed by atoms with Gasteiger partial charge in [-0.25, -0.2) is 0 Å². The molecule has 10 heteroatoms. The highest BCUT2D eigenvalue weighted by Gasteiger charge is 2.20. The molecular formula is C28H38N4O6. The molecule has 0 fully saturated rings. The molecule has 1 heterocycles. The zero-order valence-corrected chi connectivity index (χ0v) is 23.1. The summed E-state index contributed by atoms with van der Waals surface area (Å²) in [6.45, 7) is 11.5. The number of rotatable bonds is 9. The van der Waals surface area contributed by atoms with Crippen molar-refractivity contribution in [1.29, 1.82) is 0 Å². The number of hydrogen-bond acceptors (Lipinski definition) is 9. The summed E-state index contributed by atoms with van der Waals surface area (Å²) in [5.74, 6) is -1.15. The molecule has 0 bridgehead atoms. The van der Waals surface area contributed by atoms with Gasteiger partial charge in [-0.15, -0.1) is 5.10 Å². The maximum absolute atomic E-state index is 13.0. The van der Waals surface area contributed by atoms with Crippen LogP contribution in [0, 0.1) is 5.92 Å². The average molecular weight is 527 g/mol. The Morgan fingerprint density at radius 2 is 1.71 bits per heavy atom. The molecule has 0 spiro atoms. The Labute approximate surface area is 223 Å². The highest BCUT2D eigenvalue weighted by atomic mass is 16.5. The van der Waals surface area contributed by atoms with E-state index in [2.05, 4.69) is 34.7 Å². The minimum atomic E-state index is -0.546. The molecule has 1 aromatic heterocycles. The van der Waals surface area contributed by atoms with Gasteiger partial charge in [0.05, 0.1) is 16.8 Å². The molecule has 1 atom stereocenters. The Morgan fingerprint density at radius 3 is 2.32 bits per heavy atom. The maximum atomic E-state index is 13.0. The van der Waals surface area contributed by atoms with E-state index in [-0.39, 0.29) is 53.5 Å². The van der Waals surface area contributed by atoms with Crippen LogP contribution in [0.25, 0.3) is 11.5 Å². The van der Waals surface area contributed by atoms with Gasteiger partial charge in [-0.05, 0) is 43.2 Å². The van der Waals surface area contributed by atoms with Crippen LogP contribution in [0.15, 0.2) is 46.9 Å². The molecule has 2 aromatic carbocycles. The number of benzene rings is 2. The SMILES string of the molecule is CC.CCC.CNc1nnc(-c2cc(O)ccc2NC(=O)c2ccccc2OC(=O)CC(C)CC(C)=O)o1. The minimum absolute atomic E-state index is 0.0112. The topological polar surface area (TPSA) is 144 Å². The highest BCUT2D eigenvalue weighted by molar-refractivity contribution is 6.08. The first-order chi connectivity index (χ1) is 18.2. The van der Waals surface area contributed by atoms with E-state index in [9.17, 15) is 19.5 Å². The number of hydrogen-bond donors (Lipinski definition) is 3. The monoisotopic (exact) mass is 526 g/mol. The molecule has 38 heavy (non-hydrogen) atoms. The van der Waals surface area contributed by atoms with Crippen molar-refractivity contribution in [1.82, 2.24) is 10.2 Å². The number of amides is 1. The highest BCUT2D eigenvalue weighted by Crippen LogP contribution is 2.32. The molecule has 0 saturated heterocycles. The summed E-state index contributed by atoms with van der Waals surface area (Å²) < 4.78 is 10.9. The van der Waals surface area contributed by atoms with Gasteiger partial charge in [0.25, 0.3) is 11.8 Å². The van der Waals surface area contributed by atoms with E-state index in [4.69, 9.17) is 9.15 Å². The largest absolute Gasteiger partial charge is 0.508 e. The number of carbonyl (C=O) groups excluding carboxylic acids is 3. The second kappa shape index (κ2) is 16.5. The first-order valence-corrected chi connectivity index (χ1v) is 12.6. The van der Waals surface area contributed by atoms with Crippen LogP contribution in [-0.2, 0) is 9.59 Å². The molecule has 1 unspecified atom stereocenters. The fraction of sp³-hybridized carbons (Fsp3) is 0.393. The average Bonchev–Trinajstić information content (AvgIpc) is 3.36. The van der Waals surface area contributed by atoms with Gasteiger partial charge in [0.2, 0.25) is 0 Å². The molecule has 206 valence electrons. The van der Waals surface area contributed by atoms with Crippen molar-refractivity contribution in [2.24, 2.45) is 5.92 Å². The van der Waals surface area contributed by atoms with Crippen molar-refractivity contribution in [2.45, 2.75) is 60.8 Å². The summed E-state index contributed by atoms with van der Waals surface area (Å²) in [4.78, 5) is 36.6. The standard InChI is InChI=1S/C23H24N4O6.C3H8.C2H6/c1-13(10-14(2)28)11-20(30)32-19-7-5-4-6-16(19)21(31)25-18-9-8-15(29)12-17(18)22-26-27-23(24-3)33-22;1-3-2;1-2/h4-9,12-13,29H,10-11H2,1-3H3,(H,24,27)(H,25,31);3H2,1-2H3;1-2H3. The van der Waals surface area contributed by atoms with Crippen molar-refractivity contribution in [3.05, 3.63) is 48.0 Å². The maximum Gasteiger partial charge on any atom is 0.315 e. The van der Waals surface area contributed by atoms with E-state index in [0.29, 0.717) is 11.3 Å². The number of ketones is 1. The molecular weight excluding hydrogens is 488 g/mol. The number of nitrogens with zero attached hydrogens (tertiary/aromatic N) is 2. The third kappa shape index (κ3) is 10.0. The molecule has 10 nitrogen and oxygen atoms in total. The summed E-state index contributed by atoms with van der Waals surface area (Å²) in [7, 11) is 1.61. The second-order valence-corrected chi connectivity index (χ2v) is 8.24. The normalized spacial score (nSPS) is 10.6. The molecule has 3 N–H and O–H groups in total. The zero-order valence-electron chi connectivity index (χ0n) is 23.1. The van der Waals surface area contributed by atoms with Crippen LogP contribution in [0.1, 0.15) is 71.2 Å². The number of aromatic hydroxyl groups is 1.